The van der Waals surface area contributed by atoms with Gasteiger partial charge in [0.15, 0.2) is 0 Å². The summed E-state index contributed by atoms with van der Waals surface area (Å²) in [5, 5.41) is 21.4. The van der Waals surface area contributed by atoms with Crippen LogP contribution in [0.15, 0.2) is 102 Å². The van der Waals surface area contributed by atoms with Gasteiger partial charge in [-0.1, -0.05) is 54.6 Å². The van der Waals surface area contributed by atoms with Crippen molar-refractivity contribution in [2.24, 2.45) is 5.14 Å². The number of benzene rings is 4. The van der Waals surface area contributed by atoms with E-state index in [9.17, 15) is 48.0 Å². The van der Waals surface area contributed by atoms with E-state index in [1.807, 2.05) is 30.3 Å². The molecule has 0 unspecified atom stereocenters. The number of nitrogens with one attached hydrogen (secondary N) is 2. The molecule has 0 fully saturated rings. The number of sulfonamides is 1. The van der Waals surface area contributed by atoms with Crippen LogP contribution in [0.1, 0.15) is 23.0 Å². The van der Waals surface area contributed by atoms with Gasteiger partial charge in [-0.05, 0) is 65.6 Å². The number of anilines is 1. The van der Waals surface area contributed by atoms with Gasteiger partial charge in [0, 0.05) is 0 Å². The predicted molar refractivity (Wildman–Crippen MR) is 178 cm³/mol. The number of halogens is 6. The molecule has 0 radical (unpaired) electrons. The van der Waals surface area contributed by atoms with E-state index in [2.05, 4.69) is 14.7 Å². The molecule has 5 aromatic rings. The van der Waals surface area contributed by atoms with Crippen molar-refractivity contribution >= 4 is 48.9 Å². The molecule has 0 amide bonds. The van der Waals surface area contributed by atoms with Crippen LogP contribution in [0, 0.1) is 0 Å². The van der Waals surface area contributed by atoms with Crippen LogP contribution in [0.5, 0.6) is 0 Å². The number of H-pyrrole nitrogens is 1. The summed E-state index contributed by atoms with van der Waals surface area (Å²) in [5.74, 6) is -4.17. The molecule has 0 bridgehead atoms. The fourth-order valence-electron chi connectivity index (χ4n) is 4.76. The minimum absolute atomic E-state index is 0.0277. The minimum Gasteiger partial charge on any atom is -0.480 e. The number of hydrogen-bond donors (Lipinski definition) is 5. The second-order valence-corrected chi connectivity index (χ2v) is 14.2. The first-order valence-corrected chi connectivity index (χ1v) is 17.7. The van der Waals surface area contributed by atoms with Gasteiger partial charge in [-0.15, -0.1) is 0 Å². The number of aliphatic carboxylic acids is 2. The van der Waals surface area contributed by atoms with Gasteiger partial charge < -0.3 is 15.2 Å². The van der Waals surface area contributed by atoms with Gasteiger partial charge in [0.1, 0.15) is 12.4 Å². The van der Waals surface area contributed by atoms with Crippen molar-refractivity contribution in [1.29, 1.82) is 0 Å². The van der Waals surface area contributed by atoms with Crippen molar-refractivity contribution in [3.05, 3.63) is 114 Å². The Morgan fingerprint density at radius 3 is 1.91 bits per heavy atom. The highest BCUT2D eigenvalue weighted by atomic mass is 32.2. The number of nitrogens with zero attached hydrogens (tertiary/aromatic N) is 2. The summed E-state index contributed by atoms with van der Waals surface area (Å²) in [6, 6.07) is 22.7. The fourth-order valence-corrected chi connectivity index (χ4v) is 6.67. The average molecular weight is 788 g/mol. The predicted octanol–water partition coefficient (Wildman–Crippen LogP) is 5.24. The highest BCUT2D eigenvalue weighted by molar-refractivity contribution is 7.90. The molecule has 0 aliphatic rings. The van der Waals surface area contributed by atoms with Gasteiger partial charge in [0.25, 0.3) is 10.2 Å². The number of carboxylic acids is 2. The van der Waals surface area contributed by atoms with Gasteiger partial charge in [-0.2, -0.15) is 34.8 Å². The highest BCUT2D eigenvalue weighted by Crippen LogP contribution is 2.32. The highest BCUT2D eigenvalue weighted by Gasteiger charge is 2.38. The Morgan fingerprint density at radius 2 is 1.40 bits per heavy atom. The number of nitrogens with two attached hydrogens (primary N) is 1. The molecular weight excluding hydrogens is 761 g/mol. The molecule has 0 saturated heterocycles. The maximum absolute atomic E-state index is 13.6. The third-order valence-electron chi connectivity index (χ3n) is 7.22. The summed E-state index contributed by atoms with van der Waals surface area (Å²) in [4.78, 5) is 27.2. The van der Waals surface area contributed by atoms with Gasteiger partial charge >= 0.3 is 24.3 Å². The van der Waals surface area contributed by atoms with Crippen molar-refractivity contribution in [1.82, 2.24) is 14.7 Å². The fraction of sp³-hybridized carbons (Fsp3) is 0.156. The molecule has 0 saturated carbocycles. The van der Waals surface area contributed by atoms with Crippen LogP contribution in [0.2, 0.25) is 0 Å². The Kier molecular flexibility index (Phi) is 11.9. The molecule has 282 valence electrons. The summed E-state index contributed by atoms with van der Waals surface area (Å²) in [6.45, 7) is -0.928. The van der Waals surface area contributed by atoms with Crippen LogP contribution in [-0.2, 0) is 42.4 Å². The molecule has 21 heteroatoms. The number of rotatable bonds is 11. The number of alkyl halides is 6. The first-order chi connectivity index (χ1) is 24.5. The molecule has 1 heterocycles. The normalized spacial score (nSPS) is 12.8. The zero-order valence-electron chi connectivity index (χ0n) is 26.6. The Labute approximate surface area is 296 Å². The SMILES string of the molecule is NS(=O)(=O)N(CC(=O)O)c1ccc(C[C@H](NS(=O)(=O)c2ccc(-c3ccccc3)cc2)c2nc3ccc(C(F)(F)F)cc3[nH]2)cc1.O=C(O)C(F)(F)F. The topological polar surface area (TPSA) is 213 Å². The van der Waals surface area contributed by atoms with Crippen molar-refractivity contribution in [3.63, 3.8) is 0 Å². The number of hydrogen-bond acceptors (Lipinski definition) is 7. The molecule has 1 atom stereocenters. The summed E-state index contributed by atoms with van der Waals surface area (Å²) in [6.07, 6.45) is -9.78. The van der Waals surface area contributed by atoms with E-state index in [0.29, 0.717) is 9.87 Å². The van der Waals surface area contributed by atoms with E-state index in [4.69, 9.17) is 20.1 Å². The van der Waals surface area contributed by atoms with Crippen LogP contribution in [0.4, 0.5) is 32.0 Å². The molecule has 0 spiro atoms. The smallest absolute Gasteiger partial charge is 0.480 e. The molecule has 53 heavy (non-hydrogen) atoms. The monoisotopic (exact) mass is 787 g/mol. The van der Waals surface area contributed by atoms with Crippen LogP contribution >= 0.6 is 0 Å². The number of carboxylic acid groups (broad SMARTS) is 2. The number of fused-ring (bicyclic) bond motifs is 1. The van der Waals surface area contributed by atoms with Gasteiger partial charge in [-0.3, -0.25) is 4.79 Å². The second-order valence-electron chi connectivity index (χ2n) is 11.0. The van der Waals surface area contributed by atoms with Crippen LogP contribution in [-0.4, -0.2) is 61.7 Å². The molecule has 0 aliphatic carbocycles. The second kappa shape index (κ2) is 15.6. The number of imidazole rings is 1. The van der Waals surface area contributed by atoms with Crippen molar-refractivity contribution in [2.45, 2.75) is 29.7 Å². The Balaban J connectivity index is 0.000000815. The first-order valence-electron chi connectivity index (χ1n) is 14.7. The first kappa shape index (κ1) is 40.3. The summed E-state index contributed by atoms with van der Waals surface area (Å²) >= 11 is 0. The summed E-state index contributed by atoms with van der Waals surface area (Å²) < 4.78 is 126. The lowest BCUT2D eigenvalue weighted by molar-refractivity contribution is -0.192. The third-order valence-corrected chi connectivity index (χ3v) is 9.66. The maximum Gasteiger partial charge on any atom is 0.490 e. The van der Waals surface area contributed by atoms with E-state index in [1.165, 1.54) is 42.5 Å². The Hall–Kier alpha value is -5.51. The van der Waals surface area contributed by atoms with Crippen molar-refractivity contribution < 1.29 is 63.0 Å². The number of aromatic amines is 1. The number of aromatic nitrogens is 2. The molecule has 0 aliphatic heterocycles. The molecule has 5 rings (SSSR count). The third kappa shape index (κ3) is 10.8. The zero-order valence-corrected chi connectivity index (χ0v) is 28.3. The van der Waals surface area contributed by atoms with E-state index in [0.717, 1.165) is 23.3 Å². The van der Waals surface area contributed by atoms with Crippen LogP contribution in [0.25, 0.3) is 22.2 Å². The van der Waals surface area contributed by atoms with Crippen molar-refractivity contribution in [2.75, 3.05) is 10.8 Å². The maximum atomic E-state index is 13.6. The largest absolute Gasteiger partial charge is 0.490 e. The van der Waals surface area contributed by atoms with E-state index in [1.54, 1.807) is 12.1 Å². The van der Waals surface area contributed by atoms with Crippen LogP contribution < -0.4 is 14.2 Å². The van der Waals surface area contributed by atoms with E-state index in [-0.39, 0.29) is 33.9 Å². The van der Waals surface area contributed by atoms with Gasteiger partial charge in [0.05, 0.1) is 33.2 Å². The summed E-state index contributed by atoms with van der Waals surface area (Å²) in [7, 11) is -8.64. The Morgan fingerprint density at radius 1 is 0.830 bits per heavy atom. The molecule has 6 N–H and O–H groups in total. The molecule has 1 aromatic heterocycles. The van der Waals surface area contributed by atoms with Gasteiger partial charge in [-0.25, -0.2) is 32.4 Å². The number of carbonyl (C=O) groups is 2. The van der Waals surface area contributed by atoms with E-state index < -0.39 is 62.7 Å². The van der Waals surface area contributed by atoms with Crippen LogP contribution in [0.3, 0.4) is 0 Å². The molecule has 13 nitrogen and oxygen atoms in total. The van der Waals surface area contributed by atoms with E-state index >= 15 is 0 Å². The Bertz CT molecular complexity index is 2300. The molecular formula is C32H27F6N5O8S2. The van der Waals surface area contributed by atoms with Crippen molar-refractivity contribution in [3.8, 4) is 11.1 Å². The zero-order chi connectivity index (χ0) is 39.4. The summed E-state index contributed by atoms with van der Waals surface area (Å²) in [5.41, 5.74) is 1.36. The lowest BCUT2D eigenvalue weighted by atomic mass is 10.1. The lowest BCUT2D eigenvalue weighted by Crippen LogP contribution is -2.40. The quantitative estimate of drug-likeness (QED) is 0.111. The van der Waals surface area contributed by atoms with Gasteiger partial charge in [0.2, 0.25) is 10.0 Å². The lowest BCUT2D eigenvalue weighted by Gasteiger charge is -2.21. The minimum atomic E-state index is -5.08. The standard InChI is InChI=1S/C30H26F3N5O6S2.C2HF3O2/c31-30(32,33)22-10-15-25-26(17-22)36-29(35-25)27(16-19-6-11-23(12-7-19)38(18-28(39)40)46(34,43)44)37-45(41,42)24-13-8-21(9-14-24)20-4-2-1-3-5-20;3-2(4,5)1(6)7/h1-15,17,27,37H,16,18H2,(H,35,36)(H,39,40)(H2,34,43,44);(H,6,7)/t27-;/m0./s1. The average Bonchev–Trinajstić information content (AvgIpc) is 3.51. The molecule has 4 aromatic carbocycles.